The monoisotopic (exact) mass is 184 g/mol. The van der Waals surface area contributed by atoms with E-state index in [1.807, 2.05) is 0 Å². The molecule has 2 nitrogen and oxygen atoms in total. The van der Waals surface area contributed by atoms with Crippen molar-refractivity contribution in [3.8, 4) is 0 Å². The van der Waals surface area contributed by atoms with Crippen LogP contribution in [0.2, 0.25) is 0 Å². The van der Waals surface area contributed by atoms with E-state index in [9.17, 15) is 0 Å². The lowest BCUT2D eigenvalue weighted by molar-refractivity contribution is 0.224. The molecule has 78 valence electrons. The summed E-state index contributed by atoms with van der Waals surface area (Å²) in [7, 11) is 2.23. The van der Waals surface area contributed by atoms with Gasteiger partial charge in [0.05, 0.1) is 0 Å². The molecular formula is C11H24N2. The molecule has 13 heavy (non-hydrogen) atoms. The van der Waals surface area contributed by atoms with Gasteiger partial charge in [-0.3, -0.25) is 0 Å². The number of nitrogens with zero attached hydrogens (tertiary/aromatic N) is 1. The number of hydrogen-bond acceptors (Lipinski definition) is 2. The highest BCUT2D eigenvalue weighted by molar-refractivity contribution is 4.75. The predicted molar refractivity (Wildman–Crippen MR) is 57.7 cm³/mol. The lowest BCUT2D eigenvalue weighted by Gasteiger charge is -2.29. The fourth-order valence-electron chi connectivity index (χ4n) is 2.28. The van der Waals surface area contributed by atoms with Crippen molar-refractivity contribution in [3.05, 3.63) is 0 Å². The molecule has 0 spiro atoms. The zero-order valence-electron chi connectivity index (χ0n) is 9.13. The first kappa shape index (κ1) is 11.0. The lowest BCUT2D eigenvalue weighted by atomic mass is 9.86. The van der Waals surface area contributed by atoms with E-state index < -0.39 is 0 Å². The van der Waals surface area contributed by atoms with Crippen LogP contribution in [0.1, 0.15) is 39.0 Å². The first-order chi connectivity index (χ1) is 6.22. The largest absolute Gasteiger partial charge is 0.328 e. The van der Waals surface area contributed by atoms with Crippen LogP contribution in [0.3, 0.4) is 0 Å². The van der Waals surface area contributed by atoms with Gasteiger partial charge in [-0.2, -0.15) is 0 Å². The van der Waals surface area contributed by atoms with E-state index in [0.29, 0.717) is 6.04 Å². The van der Waals surface area contributed by atoms with Crippen LogP contribution in [-0.4, -0.2) is 31.1 Å². The first-order valence-electron chi connectivity index (χ1n) is 5.66. The summed E-state index contributed by atoms with van der Waals surface area (Å²) in [5.41, 5.74) is 5.87. The molecule has 2 heteroatoms. The van der Waals surface area contributed by atoms with E-state index in [0.717, 1.165) is 5.92 Å². The number of rotatable bonds is 4. The van der Waals surface area contributed by atoms with Crippen LogP contribution in [-0.2, 0) is 0 Å². The Morgan fingerprint density at radius 2 is 1.85 bits per heavy atom. The van der Waals surface area contributed by atoms with Crippen LogP contribution < -0.4 is 5.73 Å². The zero-order chi connectivity index (χ0) is 9.68. The molecule has 0 saturated heterocycles. The molecule has 1 rings (SSSR count). The highest BCUT2D eigenvalue weighted by Gasteiger charge is 2.19. The van der Waals surface area contributed by atoms with E-state index in [1.54, 1.807) is 0 Å². The Labute approximate surface area is 82.5 Å². The molecule has 0 unspecified atom stereocenters. The Balaban J connectivity index is 2.14. The molecule has 1 aliphatic rings. The smallest absolute Gasteiger partial charge is 0.00390 e. The highest BCUT2D eigenvalue weighted by atomic mass is 15.1. The van der Waals surface area contributed by atoms with Gasteiger partial charge in [0.15, 0.2) is 0 Å². The molecule has 0 atom stereocenters. The van der Waals surface area contributed by atoms with Crippen molar-refractivity contribution in [3.63, 3.8) is 0 Å². The van der Waals surface area contributed by atoms with Crippen molar-refractivity contribution >= 4 is 0 Å². The minimum absolute atomic E-state index is 0.493. The standard InChI is InChI=1S/C11H24N2/c1-3-8-13(2)9-10-4-6-11(12)7-5-10/h10-11H,3-9,12H2,1-2H3. The van der Waals surface area contributed by atoms with Gasteiger partial charge in [0.2, 0.25) is 0 Å². The predicted octanol–water partition coefficient (Wildman–Crippen LogP) is 1.85. The normalized spacial score (nSPS) is 29.5. The summed E-state index contributed by atoms with van der Waals surface area (Å²) in [5.74, 6) is 0.913. The van der Waals surface area contributed by atoms with Crippen molar-refractivity contribution in [1.82, 2.24) is 4.90 Å². The van der Waals surface area contributed by atoms with Gasteiger partial charge in [0.25, 0.3) is 0 Å². The second kappa shape index (κ2) is 5.61. The van der Waals surface area contributed by atoms with E-state index >= 15 is 0 Å². The van der Waals surface area contributed by atoms with E-state index in [2.05, 4.69) is 18.9 Å². The maximum Gasteiger partial charge on any atom is 0.00390 e. The van der Waals surface area contributed by atoms with Crippen molar-refractivity contribution < 1.29 is 0 Å². The summed E-state index contributed by atoms with van der Waals surface area (Å²) in [6.07, 6.45) is 6.43. The van der Waals surface area contributed by atoms with Gasteiger partial charge in [-0.15, -0.1) is 0 Å². The molecular weight excluding hydrogens is 160 g/mol. The fourth-order valence-corrected chi connectivity index (χ4v) is 2.28. The molecule has 1 fully saturated rings. The van der Waals surface area contributed by atoms with Gasteiger partial charge >= 0.3 is 0 Å². The van der Waals surface area contributed by atoms with Gasteiger partial charge in [0, 0.05) is 12.6 Å². The van der Waals surface area contributed by atoms with Crippen LogP contribution in [0.25, 0.3) is 0 Å². The summed E-state index contributed by atoms with van der Waals surface area (Å²) < 4.78 is 0. The average molecular weight is 184 g/mol. The van der Waals surface area contributed by atoms with Gasteiger partial charge in [-0.05, 0) is 51.6 Å². The minimum atomic E-state index is 0.493. The summed E-state index contributed by atoms with van der Waals surface area (Å²) in [4.78, 5) is 2.46. The van der Waals surface area contributed by atoms with Crippen LogP contribution in [0.4, 0.5) is 0 Å². The van der Waals surface area contributed by atoms with Crippen LogP contribution in [0.15, 0.2) is 0 Å². The average Bonchev–Trinajstić information content (AvgIpc) is 2.09. The summed E-state index contributed by atoms with van der Waals surface area (Å²) in [5, 5.41) is 0. The van der Waals surface area contributed by atoms with E-state index in [4.69, 9.17) is 5.73 Å². The number of nitrogens with two attached hydrogens (primary N) is 1. The maximum absolute atomic E-state index is 5.87. The molecule has 0 aromatic heterocycles. The quantitative estimate of drug-likeness (QED) is 0.722. The van der Waals surface area contributed by atoms with Crippen LogP contribution in [0.5, 0.6) is 0 Å². The molecule has 0 radical (unpaired) electrons. The molecule has 1 aliphatic carbocycles. The minimum Gasteiger partial charge on any atom is -0.328 e. The summed E-state index contributed by atoms with van der Waals surface area (Å²) in [6, 6.07) is 0.493. The van der Waals surface area contributed by atoms with Gasteiger partial charge in [-0.25, -0.2) is 0 Å². The maximum atomic E-state index is 5.87. The molecule has 2 N–H and O–H groups in total. The zero-order valence-corrected chi connectivity index (χ0v) is 9.13. The Morgan fingerprint density at radius 3 is 2.38 bits per heavy atom. The second-order valence-corrected chi connectivity index (χ2v) is 4.54. The summed E-state index contributed by atoms with van der Waals surface area (Å²) >= 11 is 0. The number of hydrogen-bond donors (Lipinski definition) is 1. The SMILES string of the molecule is CCCN(C)CC1CCC(N)CC1. The van der Waals surface area contributed by atoms with Crippen molar-refractivity contribution in [2.45, 2.75) is 45.1 Å². The third-order valence-corrected chi connectivity index (χ3v) is 3.07. The van der Waals surface area contributed by atoms with Crippen LogP contribution >= 0.6 is 0 Å². The van der Waals surface area contributed by atoms with Gasteiger partial charge in [0.1, 0.15) is 0 Å². The van der Waals surface area contributed by atoms with Crippen LogP contribution in [0, 0.1) is 5.92 Å². The molecule has 0 aromatic carbocycles. The highest BCUT2D eigenvalue weighted by Crippen LogP contribution is 2.23. The molecule has 0 amide bonds. The lowest BCUT2D eigenvalue weighted by Crippen LogP contribution is -2.32. The topological polar surface area (TPSA) is 29.3 Å². The Bertz CT molecular complexity index is 128. The van der Waals surface area contributed by atoms with Crippen molar-refractivity contribution in [1.29, 1.82) is 0 Å². The van der Waals surface area contributed by atoms with Gasteiger partial charge < -0.3 is 10.6 Å². The van der Waals surface area contributed by atoms with E-state index in [-0.39, 0.29) is 0 Å². The Hall–Kier alpha value is -0.0800. The fraction of sp³-hybridized carbons (Fsp3) is 1.00. The second-order valence-electron chi connectivity index (χ2n) is 4.54. The molecule has 0 aliphatic heterocycles. The third kappa shape index (κ3) is 4.10. The van der Waals surface area contributed by atoms with E-state index in [1.165, 1.54) is 45.2 Å². The Morgan fingerprint density at radius 1 is 1.23 bits per heavy atom. The Kier molecular flexibility index (Phi) is 4.74. The third-order valence-electron chi connectivity index (χ3n) is 3.07. The van der Waals surface area contributed by atoms with Crippen molar-refractivity contribution in [2.24, 2.45) is 11.7 Å². The molecule has 1 saturated carbocycles. The first-order valence-corrected chi connectivity index (χ1v) is 5.66. The molecule has 0 bridgehead atoms. The van der Waals surface area contributed by atoms with Crippen molar-refractivity contribution in [2.75, 3.05) is 20.1 Å². The summed E-state index contributed by atoms with van der Waals surface area (Å²) in [6.45, 7) is 4.76. The molecule has 0 aromatic rings. The molecule has 0 heterocycles. The van der Waals surface area contributed by atoms with Gasteiger partial charge in [-0.1, -0.05) is 6.92 Å².